The fraction of sp³-hybridized carbons (Fsp3) is 0.333. The molecule has 0 bridgehead atoms. The number of fused-ring (bicyclic) bond motifs is 4. The molecule has 2 aliphatic heterocycles. The van der Waals surface area contributed by atoms with Crippen molar-refractivity contribution < 1.29 is 22.0 Å². The van der Waals surface area contributed by atoms with E-state index in [9.17, 15) is 12.8 Å². The molecule has 0 saturated carbocycles. The Morgan fingerprint density at radius 2 is 2.00 bits per heavy atom. The summed E-state index contributed by atoms with van der Waals surface area (Å²) in [5, 5.41) is 4.48. The van der Waals surface area contributed by atoms with Crippen molar-refractivity contribution in [2.75, 3.05) is 13.2 Å². The van der Waals surface area contributed by atoms with Gasteiger partial charge >= 0.3 is 0 Å². The van der Waals surface area contributed by atoms with E-state index in [0.29, 0.717) is 12.2 Å². The van der Waals surface area contributed by atoms with Gasteiger partial charge in [-0.2, -0.15) is 0 Å². The van der Waals surface area contributed by atoms with E-state index in [1.807, 2.05) is 6.92 Å². The Kier molecular flexibility index (Phi) is 3.91. The largest absolute Gasteiger partial charge is 0.459 e. The summed E-state index contributed by atoms with van der Waals surface area (Å²) >= 11 is 0. The molecule has 2 aliphatic rings. The molecule has 3 heterocycles. The lowest BCUT2D eigenvalue weighted by molar-refractivity contribution is 0.0708. The summed E-state index contributed by atoms with van der Waals surface area (Å²) in [6, 6.07) is 9.95. The molecule has 2 unspecified atom stereocenters. The number of hydrogen-bond donors (Lipinski definition) is 1. The normalized spacial score (nSPS) is 24.7. The third-order valence-corrected chi connectivity index (χ3v) is 7.71. The average molecular weight is 401 g/mol. The number of benzene rings is 2. The van der Waals surface area contributed by atoms with Gasteiger partial charge in [0, 0.05) is 30.2 Å². The second-order valence-electron chi connectivity index (χ2n) is 7.44. The number of ether oxygens (including phenoxy) is 1. The molecule has 1 spiro atoms. The van der Waals surface area contributed by atoms with Gasteiger partial charge in [-0.15, -0.1) is 0 Å². The molecule has 0 aliphatic carbocycles. The fourth-order valence-electron chi connectivity index (χ4n) is 4.44. The van der Waals surface area contributed by atoms with Crippen LogP contribution in [0.1, 0.15) is 24.7 Å². The van der Waals surface area contributed by atoms with Gasteiger partial charge in [0.2, 0.25) is 9.84 Å². The van der Waals surface area contributed by atoms with Crippen LogP contribution in [-0.4, -0.2) is 27.7 Å². The molecule has 7 heteroatoms. The number of hydrogen-bond acceptors (Lipinski definition) is 5. The van der Waals surface area contributed by atoms with Crippen LogP contribution in [0.3, 0.4) is 0 Å². The van der Waals surface area contributed by atoms with Crippen LogP contribution in [0.2, 0.25) is 0 Å². The third-order valence-electron chi connectivity index (χ3n) is 5.96. The van der Waals surface area contributed by atoms with E-state index >= 15 is 0 Å². The van der Waals surface area contributed by atoms with Gasteiger partial charge in [0.15, 0.2) is 0 Å². The Morgan fingerprint density at radius 1 is 1.18 bits per heavy atom. The van der Waals surface area contributed by atoms with Crippen LogP contribution in [-0.2, 0) is 26.5 Å². The summed E-state index contributed by atoms with van der Waals surface area (Å²) in [5.41, 5.74) is 1.28. The Balaban J connectivity index is 1.66. The second kappa shape index (κ2) is 6.14. The number of rotatable bonds is 2. The molecule has 1 aromatic heterocycles. The first kappa shape index (κ1) is 17.8. The van der Waals surface area contributed by atoms with E-state index < -0.39 is 15.7 Å². The lowest BCUT2D eigenvalue weighted by atomic mass is 9.83. The maximum atomic E-state index is 13.5. The van der Waals surface area contributed by atoms with Gasteiger partial charge in [0.25, 0.3) is 0 Å². The summed E-state index contributed by atoms with van der Waals surface area (Å²) in [5.74, 6) is 0.262. The molecule has 28 heavy (non-hydrogen) atoms. The van der Waals surface area contributed by atoms with E-state index in [1.54, 1.807) is 18.2 Å². The van der Waals surface area contributed by atoms with Gasteiger partial charge in [0.05, 0.1) is 15.9 Å². The molecule has 2 atom stereocenters. The van der Waals surface area contributed by atoms with E-state index in [4.69, 9.17) is 9.15 Å². The van der Waals surface area contributed by atoms with Crippen LogP contribution < -0.4 is 5.32 Å². The minimum absolute atomic E-state index is 0.0254. The number of halogens is 1. The van der Waals surface area contributed by atoms with Crippen molar-refractivity contribution >= 4 is 20.8 Å². The highest BCUT2D eigenvalue weighted by Crippen LogP contribution is 2.44. The minimum atomic E-state index is -3.83. The molecule has 5 rings (SSSR count). The predicted octanol–water partition coefficient (Wildman–Crippen LogP) is 3.55. The highest BCUT2D eigenvalue weighted by molar-refractivity contribution is 7.91. The topological polar surface area (TPSA) is 68.5 Å². The molecule has 5 nitrogen and oxygen atoms in total. The second-order valence-corrected chi connectivity index (χ2v) is 9.39. The lowest BCUT2D eigenvalue weighted by Crippen LogP contribution is -2.51. The maximum Gasteiger partial charge on any atom is 0.206 e. The SMILES string of the molecule is CC1OCCC12NCCc1c2oc2cc(S(=O)(=O)c3cccc(F)c3)ccc12. The van der Waals surface area contributed by atoms with Crippen LogP contribution in [0, 0.1) is 5.82 Å². The van der Waals surface area contributed by atoms with Crippen LogP contribution in [0.4, 0.5) is 4.39 Å². The van der Waals surface area contributed by atoms with Crippen LogP contribution in [0.25, 0.3) is 11.0 Å². The van der Waals surface area contributed by atoms with Crippen molar-refractivity contribution in [2.45, 2.75) is 41.2 Å². The Hall–Kier alpha value is -2.22. The summed E-state index contributed by atoms with van der Waals surface area (Å²) in [6.45, 7) is 3.50. The molecule has 3 aromatic rings. The highest BCUT2D eigenvalue weighted by atomic mass is 32.2. The summed E-state index contributed by atoms with van der Waals surface area (Å²) < 4.78 is 51.4. The zero-order valence-electron chi connectivity index (χ0n) is 15.4. The Morgan fingerprint density at radius 3 is 2.75 bits per heavy atom. The first-order chi connectivity index (χ1) is 13.4. The molecule has 2 aromatic carbocycles. The molecule has 1 saturated heterocycles. The minimum Gasteiger partial charge on any atom is -0.459 e. The van der Waals surface area contributed by atoms with E-state index in [2.05, 4.69) is 5.32 Å². The van der Waals surface area contributed by atoms with Crippen LogP contribution in [0.15, 0.2) is 56.7 Å². The van der Waals surface area contributed by atoms with Gasteiger partial charge in [-0.1, -0.05) is 6.07 Å². The molecule has 146 valence electrons. The zero-order chi connectivity index (χ0) is 19.5. The Labute approximate surface area is 162 Å². The third kappa shape index (κ3) is 2.46. The predicted molar refractivity (Wildman–Crippen MR) is 101 cm³/mol. The lowest BCUT2D eigenvalue weighted by Gasteiger charge is -2.35. The maximum absolute atomic E-state index is 13.5. The molecule has 0 amide bonds. The quantitative estimate of drug-likeness (QED) is 0.711. The van der Waals surface area contributed by atoms with Gasteiger partial charge in [0.1, 0.15) is 22.7 Å². The van der Waals surface area contributed by atoms with Crippen LogP contribution >= 0.6 is 0 Å². The van der Waals surface area contributed by atoms with Gasteiger partial charge < -0.3 is 14.5 Å². The first-order valence-corrected chi connectivity index (χ1v) is 10.8. The number of sulfone groups is 1. The molecular formula is C21H20FNO4S. The van der Waals surface area contributed by atoms with Crippen molar-refractivity contribution in [3.63, 3.8) is 0 Å². The van der Waals surface area contributed by atoms with Crippen molar-refractivity contribution in [1.29, 1.82) is 0 Å². The van der Waals surface area contributed by atoms with E-state index in [0.717, 1.165) is 42.2 Å². The monoisotopic (exact) mass is 401 g/mol. The highest BCUT2D eigenvalue weighted by Gasteiger charge is 2.48. The van der Waals surface area contributed by atoms with Crippen molar-refractivity contribution in [3.05, 3.63) is 59.6 Å². The van der Waals surface area contributed by atoms with Crippen molar-refractivity contribution in [1.82, 2.24) is 5.32 Å². The fourth-order valence-corrected chi connectivity index (χ4v) is 5.75. The van der Waals surface area contributed by atoms with Crippen molar-refractivity contribution in [3.8, 4) is 0 Å². The number of furan rings is 1. The van der Waals surface area contributed by atoms with Crippen LogP contribution in [0.5, 0.6) is 0 Å². The average Bonchev–Trinajstić information content (AvgIpc) is 3.24. The van der Waals surface area contributed by atoms with E-state index in [1.165, 1.54) is 18.2 Å². The summed E-state index contributed by atoms with van der Waals surface area (Å²) in [6.07, 6.45) is 1.60. The smallest absolute Gasteiger partial charge is 0.206 e. The van der Waals surface area contributed by atoms with Crippen molar-refractivity contribution in [2.24, 2.45) is 0 Å². The van der Waals surface area contributed by atoms with Gasteiger partial charge in [-0.3, -0.25) is 0 Å². The number of nitrogens with one attached hydrogen (secondary N) is 1. The molecular weight excluding hydrogens is 381 g/mol. The van der Waals surface area contributed by atoms with Gasteiger partial charge in [-0.05, 0) is 50.1 Å². The standard InChI is InChI=1S/C21H20FNO4S/c1-13-21(8-10-26-13)20-18(7-9-23-21)17-6-5-16(12-19(17)27-20)28(24,25)15-4-2-3-14(22)11-15/h2-6,11-13,23H,7-10H2,1H3. The summed E-state index contributed by atoms with van der Waals surface area (Å²) in [4.78, 5) is 0.0218. The summed E-state index contributed by atoms with van der Waals surface area (Å²) in [7, 11) is -3.83. The first-order valence-electron chi connectivity index (χ1n) is 9.35. The Bertz CT molecular complexity index is 1190. The zero-order valence-corrected chi connectivity index (χ0v) is 16.2. The molecule has 0 radical (unpaired) electrons. The van der Waals surface area contributed by atoms with Gasteiger partial charge in [-0.25, -0.2) is 12.8 Å². The molecule has 1 N–H and O–H groups in total. The van der Waals surface area contributed by atoms with E-state index in [-0.39, 0.29) is 21.4 Å². The molecule has 1 fully saturated rings.